The first-order valence-electron chi connectivity index (χ1n) is 5.02. The third kappa shape index (κ3) is 2.42. The lowest BCUT2D eigenvalue weighted by Gasteiger charge is -2.41. The molecule has 0 aromatic rings. The maximum absolute atomic E-state index is 11.9. The van der Waals surface area contributed by atoms with Crippen LogP contribution in [0.2, 0.25) is 0 Å². The smallest absolute Gasteiger partial charge is 0.351 e. The molecule has 5 atom stereocenters. The van der Waals surface area contributed by atoms with Crippen LogP contribution >= 0.6 is 7.60 Å². The van der Waals surface area contributed by atoms with Gasteiger partial charge in [0, 0.05) is 7.11 Å². The van der Waals surface area contributed by atoms with Crippen molar-refractivity contribution in [3.05, 3.63) is 0 Å². The van der Waals surface area contributed by atoms with Gasteiger partial charge in [-0.2, -0.15) is 0 Å². The molecule has 1 fully saturated rings. The van der Waals surface area contributed by atoms with Gasteiger partial charge in [-0.05, 0) is 12.8 Å². The predicted molar refractivity (Wildman–Crippen MR) is 55.1 cm³/mol. The maximum atomic E-state index is 11.9. The molecule has 0 radical (unpaired) electrons. The summed E-state index contributed by atoms with van der Waals surface area (Å²) in [7, 11) is -3.56. The topological polar surface area (TPSA) is 152 Å². The van der Waals surface area contributed by atoms with Crippen LogP contribution < -0.4 is 18.1 Å². The molecule has 0 saturated heterocycles. The first kappa shape index (κ1) is 17.8. The van der Waals surface area contributed by atoms with Crippen molar-refractivity contribution in [2.75, 3.05) is 7.11 Å². The number of quaternary nitrogens is 1. The molecule has 8 nitrogen and oxygen atoms in total. The minimum Gasteiger partial charge on any atom is -1.00 e. The van der Waals surface area contributed by atoms with Crippen molar-refractivity contribution in [3.63, 3.8) is 0 Å². The Bertz CT molecular complexity index is 367. The molecule has 0 aromatic heterocycles. The molecular weight excluding hydrogens is 289 g/mol. The fourth-order valence-corrected chi connectivity index (χ4v) is 3.73. The Kier molecular flexibility index (Phi) is 5.76. The Hall–Kier alpha value is -0.210. The number of carboxylic acids is 1. The second kappa shape index (κ2) is 5.83. The van der Waals surface area contributed by atoms with Crippen LogP contribution in [-0.4, -0.2) is 56.7 Å². The molecule has 0 spiro atoms. The van der Waals surface area contributed by atoms with Crippen LogP contribution in [0.4, 0.5) is 0 Å². The van der Waals surface area contributed by atoms with Gasteiger partial charge < -0.3 is 42.9 Å². The van der Waals surface area contributed by atoms with Gasteiger partial charge in [0.05, 0.1) is 6.10 Å². The number of carbonyl (C=O) groups is 1. The standard InChI is InChI=1S/C8H16NO7P.ClH/c1-16-17(14,15)8(7(12)13)3-2-4(10)5(11)6(8)9;/h4-6,10-11H,2-3,9H2,1H3,(H,12,13)(H,14,15);1H/t4-,5+,6-,8-;/m1./s1. The van der Waals surface area contributed by atoms with Crippen LogP contribution in [0, 0.1) is 0 Å². The number of aliphatic hydroxyl groups is 2. The van der Waals surface area contributed by atoms with E-state index in [0.717, 1.165) is 7.11 Å². The van der Waals surface area contributed by atoms with Gasteiger partial charge in [-0.3, -0.25) is 9.36 Å². The van der Waals surface area contributed by atoms with E-state index in [1.54, 1.807) is 0 Å². The Morgan fingerprint density at radius 2 is 2.00 bits per heavy atom. The molecule has 0 amide bonds. The van der Waals surface area contributed by atoms with Gasteiger partial charge in [-0.1, -0.05) is 0 Å². The van der Waals surface area contributed by atoms with Crippen LogP contribution in [0.15, 0.2) is 0 Å². The highest BCUT2D eigenvalue weighted by atomic mass is 35.5. The summed E-state index contributed by atoms with van der Waals surface area (Å²) in [5, 5.41) is 26.0. The molecule has 0 aliphatic heterocycles. The van der Waals surface area contributed by atoms with Gasteiger partial charge in [0.2, 0.25) is 5.16 Å². The number of halogens is 1. The van der Waals surface area contributed by atoms with Gasteiger partial charge in [0.25, 0.3) is 0 Å². The first-order valence-corrected chi connectivity index (χ1v) is 6.59. The summed E-state index contributed by atoms with van der Waals surface area (Å²) in [4.78, 5) is 21.0. The summed E-state index contributed by atoms with van der Waals surface area (Å²) in [5.41, 5.74) is 3.41. The van der Waals surface area contributed by atoms with E-state index in [0.29, 0.717) is 0 Å². The summed E-state index contributed by atoms with van der Waals surface area (Å²) < 4.78 is 16.3. The van der Waals surface area contributed by atoms with Gasteiger partial charge in [-0.15, -0.1) is 0 Å². The van der Waals surface area contributed by atoms with E-state index >= 15 is 0 Å². The zero-order chi connectivity index (χ0) is 13.4. The second-order valence-electron chi connectivity index (χ2n) is 4.14. The highest BCUT2D eigenvalue weighted by Crippen LogP contribution is 2.60. The number of hydrogen-bond acceptors (Lipinski definition) is 5. The maximum Gasteiger partial charge on any atom is 0.351 e. The average molecular weight is 306 g/mol. The third-order valence-corrected chi connectivity index (χ3v) is 5.61. The molecule has 1 aliphatic carbocycles. The predicted octanol–water partition coefficient (Wildman–Crippen LogP) is -5.23. The van der Waals surface area contributed by atoms with Gasteiger partial charge in [-0.25, -0.2) is 0 Å². The number of aliphatic carboxylic acids is 1. The fraction of sp³-hybridized carbons (Fsp3) is 0.875. The molecular formula is C8H17ClNO7P. The fourth-order valence-electron chi connectivity index (χ4n) is 2.17. The van der Waals surface area contributed by atoms with Gasteiger partial charge in [0.15, 0.2) is 0 Å². The van der Waals surface area contributed by atoms with Crippen molar-refractivity contribution in [2.45, 2.75) is 36.2 Å². The van der Waals surface area contributed by atoms with Gasteiger partial charge in [0.1, 0.15) is 12.1 Å². The van der Waals surface area contributed by atoms with Crippen LogP contribution in [-0.2, 0) is 13.9 Å². The highest BCUT2D eigenvalue weighted by Gasteiger charge is 2.66. The molecule has 1 saturated carbocycles. The number of carboxylic acid groups (broad SMARTS) is 1. The lowest BCUT2D eigenvalue weighted by molar-refractivity contribution is -0.453. The Morgan fingerprint density at radius 3 is 2.39 bits per heavy atom. The third-order valence-electron chi connectivity index (χ3n) is 3.36. The van der Waals surface area contributed by atoms with Gasteiger partial charge >= 0.3 is 13.6 Å². The van der Waals surface area contributed by atoms with Crippen LogP contribution in [0.25, 0.3) is 0 Å². The van der Waals surface area contributed by atoms with Crippen molar-refractivity contribution >= 4 is 13.6 Å². The summed E-state index contributed by atoms with van der Waals surface area (Å²) in [5.74, 6) is -1.56. The SMILES string of the molecule is COP(=O)(O)[C@]1(C(=O)O)CC[C@@H](O)[C@H](O)[C@H]1[NH3+].[Cl-]. The second-order valence-corrected chi connectivity index (χ2v) is 6.34. The van der Waals surface area contributed by atoms with E-state index in [4.69, 9.17) is 0 Å². The van der Waals surface area contributed by atoms with E-state index in [-0.39, 0.29) is 25.2 Å². The molecule has 1 unspecified atom stereocenters. The molecule has 0 heterocycles. The molecule has 10 heteroatoms. The first-order chi connectivity index (χ1) is 7.70. The molecule has 7 N–H and O–H groups in total. The molecule has 0 bridgehead atoms. The van der Waals surface area contributed by atoms with Crippen molar-refractivity contribution < 1.29 is 52.2 Å². The molecule has 1 aliphatic rings. The number of aliphatic hydroxyl groups excluding tert-OH is 2. The van der Waals surface area contributed by atoms with Crippen LogP contribution in [0.3, 0.4) is 0 Å². The zero-order valence-corrected chi connectivity index (χ0v) is 11.3. The van der Waals surface area contributed by atoms with E-state index < -0.39 is 37.0 Å². The summed E-state index contributed by atoms with van der Waals surface area (Å²) >= 11 is 0. The zero-order valence-electron chi connectivity index (χ0n) is 9.69. The lowest BCUT2D eigenvalue weighted by atomic mass is 9.80. The summed E-state index contributed by atoms with van der Waals surface area (Å²) in [6.07, 6.45) is -3.01. The Morgan fingerprint density at radius 1 is 1.50 bits per heavy atom. The quantitative estimate of drug-likeness (QED) is 0.327. The molecule has 1 rings (SSSR count). The minimum atomic E-state index is -4.49. The average Bonchev–Trinajstić information content (AvgIpc) is 2.25. The van der Waals surface area contributed by atoms with E-state index in [2.05, 4.69) is 10.3 Å². The van der Waals surface area contributed by atoms with E-state index in [9.17, 15) is 29.6 Å². The van der Waals surface area contributed by atoms with Crippen LogP contribution in [0.1, 0.15) is 12.8 Å². The van der Waals surface area contributed by atoms with Crippen molar-refractivity contribution in [1.29, 1.82) is 0 Å². The normalized spacial score (nSPS) is 39.5. The number of rotatable bonds is 3. The van der Waals surface area contributed by atoms with E-state index in [1.165, 1.54) is 0 Å². The van der Waals surface area contributed by atoms with E-state index in [1.807, 2.05) is 0 Å². The van der Waals surface area contributed by atoms with Crippen LogP contribution in [0.5, 0.6) is 0 Å². The van der Waals surface area contributed by atoms with Crippen molar-refractivity contribution in [3.8, 4) is 0 Å². The molecule has 0 aromatic carbocycles. The number of hydrogen-bond donors (Lipinski definition) is 5. The summed E-state index contributed by atoms with van der Waals surface area (Å²) in [6, 6.07) is -1.33. The minimum absolute atomic E-state index is 0. The largest absolute Gasteiger partial charge is 1.00 e. The van der Waals surface area contributed by atoms with Crippen molar-refractivity contribution in [1.82, 2.24) is 0 Å². The van der Waals surface area contributed by atoms with Crippen molar-refractivity contribution in [2.24, 2.45) is 0 Å². The lowest BCUT2D eigenvalue weighted by Crippen LogP contribution is -3.00. The molecule has 108 valence electrons. The Balaban J connectivity index is 0.00000289. The summed E-state index contributed by atoms with van der Waals surface area (Å²) in [6.45, 7) is 0. The molecule has 18 heavy (non-hydrogen) atoms. The monoisotopic (exact) mass is 305 g/mol. The highest BCUT2D eigenvalue weighted by molar-refractivity contribution is 7.55. The Labute approximate surface area is 110 Å².